The van der Waals surface area contributed by atoms with Gasteiger partial charge in [0.25, 0.3) is 5.91 Å². The second kappa shape index (κ2) is 7.14. The summed E-state index contributed by atoms with van der Waals surface area (Å²) >= 11 is 0. The average molecular weight is 361 g/mol. The molecule has 9 heteroatoms. The molecule has 1 aliphatic rings. The fourth-order valence-corrected chi connectivity index (χ4v) is 4.30. The summed E-state index contributed by atoms with van der Waals surface area (Å²) in [7, 11) is -3.05. The molecule has 1 aliphatic heterocycles. The van der Waals surface area contributed by atoms with Gasteiger partial charge in [0.2, 0.25) is 0 Å². The summed E-state index contributed by atoms with van der Waals surface area (Å²) in [6, 6.07) is 6.80. The number of carbonyl (C=O) groups is 1. The maximum Gasteiger partial charge on any atom is 0.270 e. The van der Waals surface area contributed by atoms with E-state index in [0.29, 0.717) is 24.6 Å². The first-order valence-corrected chi connectivity index (χ1v) is 9.74. The predicted molar refractivity (Wildman–Crippen MR) is 92.9 cm³/mol. The number of nitrogens with zero attached hydrogens (tertiary/aromatic N) is 3. The van der Waals surface area contributed by atoms with Gasteiger partial charge in [0.1, 0.15) is 17.3 Å². The smallest absolute Gasteiger partial charge is 0.270 e. The first kappa shape index (κ1) is 17.3. The first-order valence-electron chi connectivity index (χ1n) is 7.92. The molecule has 2 aromatic rings. The van der Waals surface area contributed by atoms with Crippen LogP contribution in [0.2, 0.25) is 0 Å². The van der Waals surface area contributed by atoms with Crippen molar-refractivity contribution in [2.45, 2.75) is 25.9 Å². The third-order valence-corrected chi connectivity index (χ3v) is 5.58. The number of anilines is 1. The van der Waals surface area contributed by atoms with Crippen LogP contribution < -0.4 is 10.6 Å². The average Bonchev–Trinajstić information content (AvgIpc) is 2.92. The standard InChI is InChI=1S/C16H19N5O3S/c1-11-19-14(16(22)21-13-5-7-25(23,24)10-13)8-15(20-11)18-9-12-4-2-3-6-17-12/h2-4,6,8,13H,5,7,9-10H2,1H3,(H,21,22)(H,18,19,20). The van der Waals surface area contributed by atoms with E-state index >= 15 is 0 Å². The van der Waals surface area contributed by atoms with Gasteiger partial charge in [0.05, 0.1) is 23.7 Å². The van der Waals surface area contributed by atoms with E-state index in [1.54, 1.807) is 19.2 Å². The molecule has 0 aromatic carbocycles. The van der Waals surface area contributed by atoms with E-state index in [4.69, 9.17) is 0 Å². The summed E-state index contributed by atoms with van der Waals surface area (Å²) in [4.78, 5) is 25.0. The van der Waals surface area contributed by atoms with Crippen LogP contribution in [0.5, 0.6) is 0 Å². The molecule has 132 valence electrons. The Kier molecular flexibility index (Phi) is 4.93. The first-order chi connectivity index (χ1) is 11.9. The topological polar surface area (TPSA) is 114 Å². The van der Waals surface area contributed by atoms with Gasteiger partial charge >= 0.3 is 0 Å². The van der Waals surface area contributed by atoms with Gasteiger partial charge in [0.15, 0.2) is 9.84 Å². The van der Waals surface area contributed by atoms with Crippen molar-refractivity contribution < 1.29 is 13.2 Å². The lowest BCUT2D eigenvalue weighted by Crippen LogP contribution is -2.36. The molecule has 1 unspecified atom stereocenters. The fraction of sp³-hybridized carbons (Fsp3) is 0.375. The van der Waals surface area contributed by atoms with Crippen LogP contribution in [0.3, 0.4) is 0 Å². The summed E-state index contributed by atoms with van der Waals surface area (Å²) in [5.41, 5.74) is 1.06. The van der Waals surface area contributed by atoms with Crippen molar-refractivity contribution in [1.82, 2.24) is 20.3 Å². The van der Waals surface area contributed by atoms with Crippen molar-refractivity contribution >= 4 is 21.6 Å². The summed E-state index contributed by atoms with van der Waals surface area (Å²) in [6.45, 7) is 2.17. The normalized spacial score (nSPS) is 18.7. The van der Waals surface area contributed by atoms with Crippen molar-refractivity contribution in [3.05, 3.63) is 47.7 Å². The number of sulfone groups is 1. The molecule has 3 heterocycles. The molecule has 0 saturated carbocycles. The largest absolute Gasteiger partial charge is 0.364 e. The summed E-state index contributed by atoms with van der Waals surface area (Å²) in [5.74, 6) is 0.664. The Morgan fingerprint density at radius 3 is 2.84 bits per heavy atom. The highest BCUT2D eigenvalue weighted by atomic mass is 32.2. The van der Waals surface area contributed by atoms with Crippen LogP contribution in [0.4, 0.5) is 5.82 Å². The summed E-state index contributed by atoms with van der Waals surface area (Å²) in [6.07, 6.45) is 2.14. The van der Waals surface area contributed by atoms with Crippen LogP contribution in [0.1, 0.15) is 28.4 Å². The highest BCUT2D eigenvalue weighted by Crippen LogP contribution is 2.13. The van der Waals surface area contributed by atoms with E-state index in [1.165, 1.54) is 0 Å². The molecule has 0 aliphatic carbocycles. The van der Waals surface area contributed by atoms with Gasteiger partial charge in [-0.3, -0.25) is 9.78 Å². The monoisotopic (exact) mass is 361 g/mol. The van der Waals surface area contributed by atoms with Gasteiger partial charge in [-0.2, -0.15) is 0 Å². The third-order valence-electron chi connectivity index (χ3n) is 3.82. The molecular formula is C16H19N5O3S. The molecule has 2 aromatic heterocycles. The SMILES string of the molecule is Cc1nc(NCc2ccccn2)cc(C(=O)NC2CCS(=O)(=O)C2)n1. The fourth-order valence-electron chi connectivity index (χ4n) is 2.63. The summed E-state index contributed by atoms with van der Waals surface area (Å²) in [5, 5.41) is 5.84. The van der Waals surface area contributed by atoms with Crippen LogP contribution in [0, 0.1) is 6.92 Å². The lowest BCUT2D eigenvalue weighted by molar-refractivity contribution is 0.0935. The van der Waals surface area contributed by atoms with E-state index in [2.05, 4.69) is 25.6 Å². The number of aryl methyl sites for hydroxylation is 1. The molecule has 8 nitrogen and oxygen atoms in total. The van der Waals surface area contributed by atoms with Crippen LogP contribution in [-0.2, 0) is 16.4 Å². The highest BCUT2D eigenvalue weighted by molar-refractivity contribution is 7.91. The number of hydrogen-bond donors (Lipinski definition) is 2. The molecule has 1 saturated heterocycles. The van der Waals surface area contributed by atoms with Crippen LogP contribution in [0.15, 0.2) is 30.5 Å². The number of carbonyl (C=O) groups excluding carboxylic acids is 1. The van der Waals surface area contributed by atoms with Crippen molar-refractivity contribution in [1.29, 1.82) is 0 Å². The molecule has 1 fully saturated rings. The zero-order valence-corrected chi connectivity index (χ0v) is 14.6. The van der Waals surface area contributed by atoms with Crippen LogP contribution in [0.25, 0.3) is 0 Å². The van der Waals surface area contributed by atoms with E-state index in [1.807, 2.05) is 18.2 Å². The molecule has 0 spiro atoms. The van der Waals surface area contributed by atoms with Crippen molar-refractivity contribution in [2.24, 2.45) is 0 Å². The van der Waals surface area contributed by atoms with Gasteiger partial charge in [-0.15, -0.1) is 0 Å². The van der Waals surface area contributed by atoms with Gasteiger partial charge < -0.3 is 10.6 Å². The molecule has 25 heavy (non-hydrogen) atoms. The van der Waals surface area contributed by atoms with Crippen molar-refractivity contribution in [2.75, 3.05) is 16.8 Å². The maximum atomic E-state index is 12.4. The van der Waals surface area contributed by atoms with Crippen LogP contribution in [-0.4, -0.2) is 46.8 Å². The second-order valence-corrected chi connectivity index (χ2v) is 8.16. The second-order valence-electron chi connectivity index (χ2n) is 5.93. The molecule has 1 amide bonds. The van der Waals surface area contributed by atoms with E-state index < -0.39 is 15.7 Å². The quantitative estimate of drug-likeness (QED) is 0.806. The number of amides is 1. The lowest BCUT2D eigenvalue weighted by atomic mass is 10.2. The Hall–Kier alpha value is -2.55. The predicted octanol–water partition coefficient (Wildman–Crippen LogP) is 0.709. The number of pyridine rings is 1. The van der Waals surface area contributed by atoms with E-state index in [0.717, 1.165) is 5.69 Å². The van der Waals surface area contributed by atoms with Gasteiger partial charge in [-0.25, -0.2) is 18.4 Å². The number of hydrogen-bond acceptors (Lipinski definition) is 7. The summed E-state index contributed by atoms with van der Waals surface area (Å²) < 4.78 is 23.0. The zero-order chi connectivity index (χ0) is 17.9. The Balaban J connectivity index is 1.67. The molecule has 3 rings (SSSR count). The molecular weight excluding hydrogens is 342 g/mol. The van der Waals surface area contributed by atoms with Gasteiger partial charge in [-0.05, 0) is 25.5 Å². The minimum atomic E-state index is -3.05. The highest BCUT2D eigenvalue weighted by Gasteiger charge is 2.29. The van der Waals surface area contributed by atoms with E-state index in [-0.39, 0.29) is 23.2 Å². The number of rotatable bonds is 5. The lowest BCUT2D eigenvalue weighted by Gasteiger charge is -2.12. The number of aromatic nitrogens is 3. The maximum absolute atomic E-state index is 12.4. The van der Waals surface area contributed by atoms with Gasteiger partial charge in [-0.1, -0.05) is 6.07 Å². The minimum Gasteiger partial charge on any atom is -0.364 e. The minimum absolute atomic E-state index is 0.0202. The molecule has 0 bridgehead atoms. The number of nitrogens with one attached hydrogen (secondary N) is 2. The Labute approximate surface area is 146 Å². The Morgan fingerprint density at radius 1 is 1.32 bits per heavy atom. The Bertz CT molecular complexity index is 871. The van der Waals surface area contributed by atoms with E-state index in [9.17, 15) is 13.2 Å². The van der Waals surface area contributed by atoms with Crippen molar-refractivity contribution in [3.8, 4) is 0 Å². The zero-order valence-electron chi connectivity index (χ0n) is 13.8. The van der Waals surface area contributed by atoms with Gasteiger partial charge in [0, 0.05) is 18.3 Å². The molecule has 0 radical (unpaired) electrons. The van der Waals surface area contributed by atoms with Crippen LogP contribution >= 0.6 is 0 Å². The molecule has 1 atom stereocenters. The molecule has 2 N–H and O–H groups in total. The van der Waals surface area contributed by atoms with Crippen molar-refractivity contribution in [3.63, 3.8) is 0 Å². The Morgan fingerprint density at radius 2 is 2.16 bits per heavy atom. The third kappa shape index (κ3) is 4.72.